The average molecular weight is 392 g/mol. The van der Waals surface area contributed by atoms with Gasteiger partial charge in [-0.1, -0.05) is 32.0 Å². The zero-order chi connectivity index (χ0) is 20.0. The van der Waals surface area contributed by atoms with Crippen LogP contribution in [0.2, 0.25) is 0 Å². The number of ether oxygens (including phenoxy) is 2. The third kappa shape index (κ3) is 5.45. The highest BCUT2D eigenvalue weighted by atomic mass is 32.2. The van der Waals surface area contributed by atoms with Crippen LogP contribution in [0.25, 0.3) is 0 Å². The molecular weight excluding hydrogens is 368 g/mol. The first kappa shape index (κ1) is 20.7. The lowest BCUT2D eigenvalue weighted by Gasteiger charge is -2.15. The van der Waals surface area contributed by atoms with Crippen molar-refractivity contribution < 1.29 is 22.7 Å². The number of anilines is 1. The number of sulfonamides is 1. The van der Waals surface area contributed by atoms with E-state index in [0.717, 1.165) is 12.0 Å². The Morgan fingerprint density at radius 3 is 2.52 bits per heavy atom. The van der Waals surface area contributed by atoms with Crippen molar-refractivity contribution in [2.75, 3.05) is 19.0 Å². The van der Waals surface area contributed by atoms with E-state index in [4.69, 9.17) is 14.6 Å². The molecule has 0 spiro atoms. The minimum atomic E-state index is -3.98. The van der Waals surface area contributed by atoms with E-state index >= 15 is 0 Å². The molecule has 3 N–H and O–H groups in total. The minimum Gasteiger partial charge on any atom is -0.495 e. The topological polar surface area (TPSA) is 108 Å². The van der Waals surface area contributed by atoms with Gasteiger partial charge >= 0.3 is 0 Å². The monoisotopic (exact) mass is 392 g/mol. The first-order valence-corrected chi connectivity index (χ1v) is 10.0. The van der Waals surface area contributed by atoms with Gasteiger partial charge in [-0.25, -0.2) is 13.6 Å². The Morgan fingerprint density at radius 2 is 1.89 bits per heavy atom. The van der Waals surface area contributed by atoms with E-state index in [0.29, 0.717) is 11.7 Å². The molecule has 1 unspecified atom stereocenters. The van der Waals surface area contributed by atoms with E-state index in [1.165, 1.54) is 25.3 Å². The molecule has 8 heteroatoms. The summed E-state index contributed by atoms with van der Waals surface area (Å²) >= 11 is 0. The number of rotatable bonds is 8. The Bertz CT molecular complexity index is 912. The number of amides is 1. The van der Waals surface area contributed by atoms with Gasteiger partial charge < -0.3 is 14.8 Å². The van der Waals surface area contributed by atoms with Crippen molar-refractivity contribution >= 4 is 21.6 Å². The smallest absolute Gasteiger partial charge is 0.262 e. The van der Waals surface area contributed by atoms with Crippen LogP contribution in [0.15, 0.2) is 47.4 Å². The van der Waals surface area contributed by atoms with E-state index in [2.05, 4.69) is 19.2 Å². The predicted octanol–water partition coefficient (Wildman–Crippen LogP) is 2.87. The molecule has 2 aromatic carbocycles. The van der Waals surface area contributed by atoms with Gasteiger partial charge in [0.1, 0.15) is 16.4 Å². The maximum Gasteiger partial charge on any atom is 0.262 e. The molecule has 0 aliphatic carbocycles. The lowest BCUT2D eigenvalue weighted by molar-refractivity contribution is -0.118. The molecule has 0 bridgehead atoms. The van der Waals surface area contributed by atoms with Crippen molar-refractivity contribution in [2.45, 2.75) is 31.1 Å². The number of nitrogens with one attached hydrogen (secondary N) is 1. The van der Waals surface area contributed by atoms with Gasteiger partial charge in [-0.2, -0.15) is 0 Å². The van der Waals surface area contributed by atoms with Crippen molar-refractivity contribution in [2.24, 2.45) is 5.14 Å². The van der Waals surface area contributed by atoms with Crippen molar-refractivity contribution in [3.8, 4) is 11.5 Å². The van der Waals surface area contributed by atoms with E-state index in [1.807, 2.05) is 24.3 Å². The molecule has 2 aromatic rings. The SMILES string of the molecule is CCC(C)c1ccccc1OCC(=O)Nc1ccc(OC)c(S(N)(=O)=O)c1. The molecule has 2 rings (SSSR count). The van der Waals surface area contributed by atoms with Crippen LogP contribution < -0.4 is 19.9 Å². The second-order valence-electron chi connectivity index (χ2n) is 6.09. The molecule has 0 aliphatic rings. The van der Waals surface area contributed by atoms with Crippen molar-refractivity contribution in [1.29, 1.82) is 0 Å². The Morgan fingerprint density at radius 1 is 1.19 bits per heavy atom. The summed E-state index contributed by atoms with van der Waals surface area (Å²) in [6.45, 7) is 3.97. The minimum absolute atomic E-state index is 0.106. The number of hydrogen-bond donors (Lipinski definition) is 2. The highest BCUT2D eigenvalue weighted by Crippen LogP contribution is 2.29. The molecule has 0 aromatic heterocycles. The highest BCUT2D eigenvalue weighted by molar-refractivity contribution is 7.89. The van der Waals surface area contributed by atoms with Gasteiger partial charge in [0.15, 0.2) is 6.61 Å². The fraction of sp³-hybridized carbons (Fsp3) is 0.316. The number of carbonyl (C=O) groups excluding carboxylic acids is 1. The molecule has 0 fully saturated rings. The zero-order valence-electron chi connectivity index (χ0n) is 15.6. The lowest BCUT2D eigenvalue weighted by Crippen LogP contribution is -2.21. The van der Waals surface area contributed by atoms with Crippen molar-refractivity contribution in [1.82, 2.24) is 0 Å². The summed E-state index contributed by atoms with van der Waals surface area (Å²) in [5.41, 5.74) is 1.32. The summed E-state index contributed by atoms with van der Waals surface area (Å²) in [5, 5.41) is 7.78. The number of hydrogen-bond acceptors (Lipinski definition) is 5. The van der Waals surface area contributed by atoms with E-state index in [-0.39, 0.29) is 22.9 Å². The van der Waals surface area contributed by atoms with Crippen LogP contribution in [-0.2, 0) is 14.8 Å². The molecule has 27 heavy (non-hydrogen) atoms. The first-order valence-electron chi connectivity index (χ1n) is 8.48. The Balaban J connectivity index is 2.09. The van der Waals surface area contributed by atoms with Crippen LogP contribution in [0, 0.1) is 0 Å². The maximum absolute atomic E-state index is 12.2. The normalized spacial score (nSPS) is 12.3. The molecule has 0 heterocycles. The largest absolute Gasteiger partial charge is 0.495 e. The number of carbonyl (C=O) groups is 1. The van der Waals surface area contributed by atoms with E-state index in [1.54, 1.807) is 0 Å². The molecular formula is C19H24N2O5S. The summed E-state index contributed by atoms with van der Waals surface area (Å²) in [5.74, 6) is 0.652. The lowest BCUT2D eigenvalue weighted by atomic mass is 9.98. The number of primary sulfonamides is 1. The molecule has 1 atom stereocenters. The van der Waals surface area contributed by atoms with Gasteiger partial charge in [-0.3, -0.25) is 4.79 Å². The van der Waals surface area contributed by atoms with Gasteiger partial charge in [0.05, 0.1) is 7.11 Å². The third-order valence-corrected chi connectivity index (χ3v) is 5.11. The standard InChI is InChI=1S/C19H24N2O5S/c1-4-13(2)15-7-5-6-8-16(15)26-12-19(22)21-14-9-10-17(25-3)18(11-14)27(20,23)24/h5-11,13H,4,12H2,1-3H3,(H,21,22)(H2,20,23,24). The number of para-hydroxylation sites is 1. The fourth-order valence-corrected chi connectivity index (χ4v) is 3.28. The van der Waals surface area contributed by atoms with Crippen LogP contribution in [-0.4, -0.2) is 28.0 Å². The Hall–Kier alpha value is -2.58. The zero-order valence-corrected chi connectivity index (χ0v) is 16.4. The van der Waals surface area contributed by atoms with Gasteiger partial charge in [0, 0.05) is 5.69 Å². The van der Waals surface area contributed by atoms with Crippen LogP contribution in [0.1, 0.15) is 31.7 Å². The van der Waals surface area contributed by atoms with Crippen LogP contribution >= 0.6 is 0 Å². The molecule has 7 nitrogen and oxygen atoms in total. The summed E-state index contributed by atoms with van der Waals surface area (Å²) in [4.78, 5) is 12.0. The van der Waals surface area contributed by atoms with Gasteiger partial charge in [0.25, 0.3) is 5.91 Å². The van der Waals surface area contributed by atoms with E-state index < -0.39 is 15.9 Å². The first-order chi connectivity index (χ1) is 12.8. The highest BCUT2D eigenvalue weighted by Gasteiger charge is 2.17. The fourth-order valence-electron chi connectivity index (χ4n) is 2.56. The summed E-state index contributed by atoms with van der Waals surface area (Å²) < 4.78 is 33.9. The van der Waals surface area contributed by atoms with Gasteiger partial charge in [-0.05, 0) is 42.2 Å². The molecule has 1 amide bonds. The summed E-state index contributed by atoms with van der Waals surface area (Å²) in [7, 11) is -2.65. The molecule has 0 radical (unpaired) electrons. The van der Waals surface area contributed by atoms with Crippen LogP contribution in [0.4, 0.5) is 5.69 Å². The number of nitrogens with two attached hydrogens (primary N) is 1. The quantitative estimate of drug-likeness (QED) is 0.718. The Kier molecular flexibility index (Phi) is 6.81. The summed E-state index contributed by atoms with van der Waals surface area (Å²) in [6, 6.07) is 11.8. The van der Waals surface area contributed by atoms with Gasteiger partial charge in [0.2, 0.25) is 10.0 Å². The summed E-state index contributed by atoms with van der Waals surface area (Å²) in [6.07, 6.45) is 0.953. The molecule has 0 saturated heterocycles. The molecule has 146 valence electrons. The molecule has 0 saturated carbocycles. The van der Waals surface area contributed by atoms with E-state index in [9.17, 15) is 13.2 Å². The second kappa shape index (κ2) is 8.88. The number of benzene rings is 2. The maximum atomic E-state index is 12.2. The van der Waals surface area contributed by atoms with Crippen LogP contribution in [0.5, 0.6) is 11.5 Å². The predicted molar refractivity (Wildman–Crippen MR) is 104 cm³/mol. The van der Waals surface area contributed by atoms with Crippen LogP contribution in [0.3, 0.4) is 0 Å². The Labute approximate surface area is 159 Å². The third-order valence-electron chi connectivity index (χ3n) is 4.17. The number of methoxy groups -OCH3 is 1. The van der Waals surface area contributed by atoms with Crippen molar-refractivity contribution in [3.05, 3.63) is 48.0 Å². The van der Waals surface area contributed by atoms with Gasteiger partial charge in [-0.15, -0.1) is 0 Å². The molecule has 0 aliphatic heterocycles. The average Bonchev–Trinajstić information content (AvgIpc) is 2.65. The second-order valence-corrected chi connectivity index (χ2v) is 7.62. The van der Waals surface area contributed by atoms with Crippen molar-refractivity contribution in [3.63, 3.8) is 0 Å².